The maximum absolute atomic E-state index is 11.7. The van der Waals surface area contributed by atoms with E-state index in [2.05, 4.69) is 50.2 Å². The van der Waals surface area contributed by atoms with Crippen molar-refractivity contribution in [2.75, 3.05) is 19.0 Å². The lowest BCUT2D eigenvalue weighted by atomic mass is 9.61. The number of quaternary nitrogens is 1. The summed E-state index contributed by atoms with van der Waals surface area (Å²) >= 11 is 0. The van der Waals surface area contributed by atoms with Crippen LogP contribution in [0, 0.1) is 17.8 Å². The smallest absolute Gasteiger partial charge is 0.193 e. The van der Waals surface area contributed by atoms with Crippen LogP contribution in [0.25, 0.3) is 0 Å². The normalized spacial score (nSPS) is 57.1. The van der Waals surface area contributed by atoms with Gasteiger partial charge in [0.2, 0.25) is 0 Å². The van der Waals surface area contributed by atoms with Crippen molar-refractivity contribution in [3.63, 3.8) is 0 Å². The second-order valence-corrected chi connectivity index (χ2v) is 9.58. The summed E-state index contributed by atoms with van der Waals surface area (Å²) in [6, 6.07) is 9.87. The van der Waals surface area contributed by atoms with Gasteiger partial charge in [0.15, 0.2) is 6.23 Å². The quantitative estimate of drug-likeness (QED) is 0.764. The summed E-state index contributed by atoms with van der Waals surface area (Å²) in [5.74, 6) is 1.17. The molecule has 5 aliphatic heterocycles. The highest BCUT2D eigenvalue weighted by Gasteiger charge is 2.82. The Bertz CT molecular complexity index is 768. The highest BCUT2D eigenvalue weighted by Crippen LogP contribution is 2.70. The molecular formula is C21H29N2O2+. The standard InChI is InChI=1S/C21H29N2O2/c1-4-11-12-9-15-18-21(13-7-5-6-8-14(13)22(18)2)10-16(17(12)19(21)24)23(15,3)20(11)25/h5-8,11-12,15-20,24-25H,4,9-10H2,1-3H3/q+1/t11-,12-,15+,16-,17+,18+,19-,20+,21+,23?/m0/s1. The summed E-state index contributed by atoms with van der Waals surface area (Å²) < 4.78 is 0.779. The average molecular weight is 341 g/mol. The number of aliphatic hydroxyl groups is 2. The molecule has 1 saturated carbocycles. The highest BCUT2D eigenvalue weighted by molar-refractivity contribution is 5.66. The van der Waals surface area contributed by atoms with Gasteiger partial charge in [0.25, 0.3) is 0 Å². The van der Waals surface area contributed by atoms with Crippen LogP contribution in [0.2, 0.25) is 0 Å². The fraction of sp³-hybridized carbons (Fsp3) is 0.714. The van der Waals surface area contributed by atoms with Crippen LogP contribution in [0.3, 0.4) is 0 Å². The van der Waals surface area contributed by atoms with Crippen LogP contribution < -0.4 is 4.90 Å². The summed E-state index contributed by atoms with van der Waals surface area (Å²) in [6.45, 7) is 2.21. The Morgan fingerprint density at radius 3 is 2.76 bits per heavy atom. The molecule has 1 aliphatic carbocycles. The lowest BCUT2D eigenvalue weighted by molar-refractivity contribution is -1.02. The number of hydrogen-bond donors (Lipinski definition) is 2. The van der Waals surface area contributed by atoms with Crippen LogP contribution in [0.1, 0.15) is 31.7 Å². The van der Waals surface area contributed by atoms with Gasteiger partial charge in [0.1, 0.15) is 6.04 Å². The highest BCUT2D eigenvalue weighted by atomic mass is 16.3. The number of nitrogens with zero attached hydrogens (tertiary/aromatic N) is 2. The zero-order valence-electron chi connectivity index (χ0n) is 15.3. The van der Waals surface area contributed by atoms with Gasteiger partial charge in [-0.15, -0.1) is 0 Å². The first kappa shape index (κ1) is 15.0. The third kappa shape index (κ3) is 1.27. The molecule has 5 fully saturated rings. The molecule has 134 valence electrons. The van der Waals surface area contributed by atoms with E-state index >= 15 is 0 Å². The zero-order chi connectivity index (χ0) is 17.3. The van der Waals surface area contributed by atoms with Crippen molar-refractivity contribution in [2.24, 2.45) is 17.8 Å². The first-order chi connectivity index (χ1) is 12.0. The minimum absolute atomic E-state index is 0.125. The molecule has 4 heteroatoms. The Balaban J connectivity index is 1.63. The number of benzene rings is 1. The van der Waals surface area contributed by atoms with Gasteiger partial charge in [-0.05, 0) is 24.0 Å². The van der Waals surface area contributed by atoms with Gasteiger partial charge < -0.3 is 15.1 Å². The molecule has 1 aromatic carbocycles. The Kier molecular flexibility index (Phi) is 2.54. The van der Waals surface area contributed by atoms with Crippen molar-refractivity contribution in [3.8, 4) is 0 Å². The Morgan fingerprint density at radius 2 is 2.00 bits per heavy atom. The number of aliphatic hydroxyl groups excluding tert-OH is 2. The molecule has 4 saturated heterocycles. The van der Waals surface area contributed by atoms with E-state index in [-0.39, 0.29) is 17.7 Å². The van der Waals surface area contributed by atoms with Gasteiger partial charge in [-0.2, -0.15) is 0 Å². The van der Waals surface area contributed by atoms with Crippen molar-refractivity contribution < 1.29 is 14.7 Å². The molecule has 1 spiro atoms. The number of para-hydroxylation sites is 1. The Morgan fingerprint density at radius 1 is 1.24 bits per heavy atom. The molecule has 6 aliphatic rings. The minimum atomic E-state index is -0.273. The van der Waals surface area contributed by atoms with Crippen LogP contribution in [-0.2, 0) is 5.41 Å². The van der Waals surface area contributed by atoms with Crippen molar-refractivity contribution in [2.45, 2.75) is 62.1 Å². The molecule has 25 heavy (non-hydrogen) atoms. The van der Waals surface area contributed by atoms with Gasteiger partial charge in [-0.1, -0.05) is 25.1 Å². The van der Waals surface area contributed by atoms with Crippen LogP contribution in [-0.4, -0.2) is 59.2 Å². The summed E-state index contributed by atoms with van der Waals surface area (Å²) in [6.07, 6.45) is 2.67. The van der Waals surface area contributed by atoms with Crippen molar-refractivity contribution >= 4 is 5.69 Å². The lowest BCUT2D eigenvalue weighted by Crippen LogP contribution is -2.81. The fourth-order valence-electron chi connectivity index (χ4n) is 8.58. The molecule has 0 aromatic heterocycles. The second-order valence-electron chi connectivity index (χ2n) is 9.58. The largest absolute Gasteiger partial charge is 0.392 e. The zero-order valence-corrected chi connectivity index (χ0v) is 15.3. The summed E-state index contributed by atoms with van der Waals surface area (Å²) in [5, 5.41) is 23.1. The fourth-order valence-corrected chi connectivity index (χ4v) is 8.58. The maximum Gasteiger partial charge on any atom is 0.193 e. The maximum atomic E-state index is 11.7. The molecule has 4 nitrogen and oxygen atoms in total. The SMILES string of the molecule is CC[C@H]1[C@@H]2C[C@@H]3[C@H]4N(C)c5ccccc5[C@]45C[C@@H]([C@@H]2[C@@H]5O)[N+]3(C)[C@@H]1O. The van der Waals surface area contributed by atoms with Gasteiger partial charge in [-0.3, -0.25) is 4.48 Å². The predicted octanol–water partition coefficient (Wildman–Crippen LogP) is 1.70. The third-order valence-corrected chi connectivity index (χ3v) is 9.39. The molecule has 5 bridgehead atoms. The summed E-state index contributed by atoms with van der Waals surface area (Å²) in [4.78, 5) is 2.44. The summed E-state index contributed by atoms with van der Waals surface area (Å²) in [7, 11) is 4.51. The number of likely N-dealkylation sites (N-methyl/N-ethyl adjacent to an activating group) is 2. The van der Waals surface area contributed by atoms with Gasteiger partial charge in [0.05, 0.1) is 30.7 Å². The number of fused-ring (bicyclic) bond motifs is 2. The van der Waals surface area contributed by atoms with E-state index in [1.165, 1.54) is 11.3 Å². The van der Waals surface area contributed by atoms with E-state index in [1.807, 2.05) is 0 Å². The van der Waals surface area contributed by atoms with Crippen molar-refractivity contribution in [3.05, 3.63) is 29.8 Å². The molecule has 1 unspecified atom stereocenters. The molecule has 7 rings (SSSR count). The molecule has 1 aromatic rings. The van der Waals surface area contributed by atoms with Gasteiger partial charge >= 0.3 is 0 Å². The third-order valence-electron chi connectivity index (χ3n) is 9.39. The monoisotopic (exact) mass is 341 g/mol. The molecule has 0 amide bonds. The minimum Gasteiger partial charge on any atom is -0.392 e. The van der Waals surface area contributed by atoms with E-state index in [9.17, 15) is 10.2 Å². The molecule has 5 heterocycles. The molecule has 10 atom stereocenters. The Labute approximate surface area is 149 Å². The summed E-state index contributed by atoms with van der Waals surface area (Å²) in [5.41, 5.74) is 2.54. The average Bonchev–Trinajstić information content (AvgIpc) is 2.99. The number of anilines is 1. The Hall–Kier alpha value is -1.10. The molecule has 2 N–H and O–H groups in total. The number of piperidine rings is 4. The topological polar surface area (TPSA) is 43.7 Å². The predicted molar refractivity (Wildman–Crippen MR) is 96.1 cm³/mol. The van der Waals surface area contributed by atoms with E-state index in [4.69, 9.17) is 0 Å². The van der Waals surface area contributed by atoms with Crippen LogP contribution in [0.15, 0.2) is 24.3 Å². The lowest BCUT2D eigenvalue weighted by Gasteiger charge is -2.66. The first-order valence-corrected chi connectivity index (χ1v) is 10.0. The number of hydrogen-bond acceptors (Lipinski definition) is 3. The second kappa shape index (κ2) is 4.24. The van der Waals surface area contributed by atoms with Gasteiger partial charge in [0, 0.05) is 37.4 Å². The van der Waals surface area contributed by atoms with E-state index in [1.54, 1.807) is 0 Å². The van der Waals surface area contributed by atoms with Crippen LogP contribution in [0.5, 0.6) is 0 Å². The molecule has 0 radical (unpaired) electrons. The van der Waals surface area contributed by atoms with Crippen molar-refractivity contribution in [1.29, 1.82) is 0 Å². The van der Waals surface area contributed by atoms with Crippen LogP contribution in [0.4, 0.5) is 5.69 Å². The van der Waals surface area contributed by atoms with E-state index < -0.39 is 0 Å². The van der Waals surface area contributed by atoms with Crippen molar-refractivity contribution in [1.82, 2.24) is 0 Å². The van der Waals surface area contributed by atoms with E-state index in [0.717, 1.165) is 23.7 Å². The first-order valence-electron chi connectivity index (χ1n) is 10.0. The molecular weight excluding hydrogens is 312 g/mol. The number of rotatable bonds is 1. The van der Waals surface area contributed by atoms with Gasteiger partial charge in [-0.25, -0.2) is 0 Å². The van der Waals surface area contributed by atoms with E-state index in [0.29, 0.717) is 35.9 Å². The van der Waals surface area contributed by atoms with Crippen LogP contribution >= 0.6 is 0 Å².